The molecule has 0 fully saturated rings. The molecule has 6 heteroatoms. The van der Waals surface area contributed by atoms with Crippen LogP contribution in [0.5, 0.6) is 0 Å². The maximum atomic E-state index is 13.5. The van der Waals surface area contributed by atoms with Crippen LogP contribution in [-0.2, 0) is 9.84 Å². The standard InChI is InChI=1S/C12H13F2NO2S/c1-3-8(2)12(7-15)18(16,17)11-5-4-9(13)6-10(11)14/h4-6,8,12H,3H2,1-2H3. The predicted molar refractivity (Wildman–Crippen MR) is 62.4 cm³/mol. The smallest absolute Gasteiger partial charge is 0.197 e. The quantitative estimate of drug-likeness (QED) is 0.792. The Morgan fingerprint density at radius 3 is 2.44 bits per heavy atom. The van der Waals surface area contributed by atoms with E-state index < -0.39 is 37.5 Å². The summed E-state index contributed by atoms with van der Waals surface area (Å²) >= 11 is 0. The van der Waals surface area contributed by atoms with Gasteiger partial charge in [0.05, 0.1) is 6.07 Å². The van der Waals surface area contributed by atoms with Crippen molar-refractivity contribution in [3.63, 3.8) is 0 Å². The Morgan fingerprint density at radius 2 is 2.00 bits per heavy atom. The predicted octanol–water partition coefficient (Wildman–Crippen LogP) is 2.68. The summed E-state index contributed by atoms with van der Waals surface area (Å²) < 4.78 is 50.4. The second-order valence-electron chi connectivity index (χ2n) is 4.05. The fourth-order valence-corrected chi connectivity index (χ4v) is 3.36. The van der Waals surface area contributed by atoms with Gasteiger partial charge in [0.2, 0.25) is 0 Å². The van der Waals surface area contributed by atoms with Crippen LogP contribution >= 0.6 is 0 Å². The number of benzene rings is 1. The van der Waals surface area contributed by atoms with Gasteiger partial charge in [-0.15, -0.1) is 0 Å². The summed E-state index contributed by atoms with van der Waals surface area (Å²) in [6, 6.07) is 3.90. The maximum absolute atomic E-state index is 13.5. The van der Waals surface area contributed by atoms with Crippen LogP contribution in [-0.4, -0.2) is 13.7 Å². The van der Waals surface area contributed by atoms with Crippen molar-refractivity contribution in [1.82, 2.24) is 0 Å². The lowest BCUT2D eigenvalue weighted by Gasteiger charge is -2.16. The lowest BCUT2D eigenvalue weighted by molar-refractivity contribution is 0.519. The highest BCUT2D eigenvalue weighted by Gasteiger charge is 2.33. The third-order valence-corrected chi connectivity index (χ3v) is 5.01. The average Bonchev–Trinajstić information content (AvgIpc) is 2.28. The second kappa shape index (κ2) is 5.44. The zero-order valence-corrected chi connectivity index (χ0v) is 10.8. The molecule has 3 nitrogen and oxygen atoms in total. The summed E-state index contributed by atoms with van der Waals surface area (Å²) in [5.41, 5.74) is 0. The third-order valence-electron chi connectivity index (χ3n) is 2.82. The van der Waals surface area contributed by atoms with E-state index in [1.165, 1.54) is 0 Å². The number of rotatable bonds is 4. The molecule has 2 atom stereocenters. The second-order valence-corrected chi connectivity index (χ2v) is 6.09. The first kappa shape index (κ1) is 14.6. The minimum atomic E-state index is -4.11. The lowest BCUT2D eigenvalue weighted by atomic mass is 10.1. The summed E-state index contributed by atoms with van der Waals surface area (Å²) in [6.07, 6.45) is 0.472. The molecule has 18 heavy (non-hydrogen) atoms. The van der Waals surface area contributed by atoms with Crippen molar-refractivity contribution >= 4 is 9.84 Å². The first-order chi connectivity index (χ1) is 8.34. The minimum Gasteiger partial charge on any atom is -0.222 e. The van der Waals surface area contributed by atoms with E-state index in [2.05, 4.69) is 0 Å². The van der Waals surface area contributed by atoms with E-state index in [1.54, 1.807) is 19.9 Å². The van der Waals surface area contributed by atoms with Gasteiger partial charge in [0.25, 0.3) is 0 Å². The van der Waals surface area contributed by atoms with Crippen molar-refractivity contribution in [3.05, 3.63) is 29.8 Å². The molecule has 0 N–H and O–H groups in total. The molecule has 0 aliphatic heterocycles. The van der Waals surface area contributed by atoms with Crippen LogP contribution in [0.2, 0.25) is 0 Å². The molecular weight excluding hydrogens is 260 g/mol. The van der Waals surface area contributed by atoms with Crippen molar-refractivity contribution in [2.24, 2.45) is 5.92 Å². The number of nitriles is 1. The molecule has 0 aromatic heterocycles. The van der Waals surface area contributed by atoms with Gasteiger partial charge < -0.3 is 0 Å². The topological polar surface area (TPSA) is 57.9 Å². The van der Waals surface area contributed by atoms with Crippen LogP contribution in [0.15, 0.2) is 23.1 Å². The zero-order valence-electron chi connectivity index (χ0n) is 10.0. The molecule has 0 saturated heterocycles. The van der Waals surface area contributed by atoms with Crippen LogP contribution in [0.4, 0.5) is 8.78 Å². The van der Waals surface area contributed by atoms with Crippen molar-refractivity contribution in [2.45, 2.75) is 30.4 Å². The molecule has 0 amide bonds. The third kappa shape index (κ3) is 2.67. The van der Waals surface area contributed by atoms with Gasteiger partial charge in [-0.3, -0.25) is 0 Å². The fraction of sp³-hybridized carbons (Fsp3) is 0.417. The molecule has 0 aliphatic rings. The normalized spacial score (nSPS) is 14.8. The summed E-state index contributed by atoms with van der Waals surface area (Å²) in [7, 11) is -4.11. The summed E-state index contributed by atoms with van der Waals surface area (Å²) in [4.78, 5) is -0.629. The Balaban J connectivity index is 3.33. The van der Waals surface area contributed by atoms with Gasteiger partial charge in [-0.2, -0.15) is 5.26 Å². The molecule has 1 aromatic carbocycles. The van der Waals surface area contributed by atoms with Gasteiger partial charge in [0.15, 0.2) is 15.1 Å². The molecule has 1 aromatic rings. The monoisotopic (exact) mass is 273 g/mol. The molecule has 0 saturated carbocycles. The first-order valence-corrected chi connectivity index (χ1v) is 6.97. The highest BCUT2D eigenvalue weighted by atomic mass is 32.2. The number of hydrogen-bond donors (Lipinski definition) is 0. The van der Waals surface area contributed by atoms with Gasteiger partial charge in [0.1, 0.15) is 16.5 Å². The molecule has 2 unspecified atom stereocenters. The minimum absolute atomic E-state index is 0.426. The largest absolute Gasteiger partial charge is 0.222 e. The van der Waals surface area contributed by atoms with Crippen molar-refractivity contribution in [3.8, 4) is 6.07 Å². The molecule has 0 aliphatic carbocycles. The van der Waals surface area contributed by atoms with E-state index in [-0.39, 0.29) is 0 Å². The fourth-order valence-electron chi connectivity index (χ4n) is 1.56. The van der Waals surface area contributed by atoms with E-state index >= 15 is 0 Å². The van der Waals surface area contributed by atoms with Crippen LogP contribution < -0.4 is 0 Å². The van der Waals surface area contributed by atoms with Gasteiger partial charge >= 0.3 is 0 Å². The van der Waals surface area contributed by atoms with Crippen molar-refractivity contribution in [1.29, 1.82) is 5.26 Å². The summed E-state index contributed by atoms with van der Waals surface area (Å²) in [5.74, 6) is -2.45. The lowest BCUT2D eigenvalue weighted by Crippen LogP contribution is -2.27. The van der Waals surface area contributed by atoms with Crippen LogP contribution in [0.1, 0.15) is 20.3 Å². The van der Waals surface area contributed by atoms with Gasteiger partial charge in [-0.25, -0.2) is 17.2 Å². The Hall–Kier alpha value is -1.48. The average molecular weight is 273 g/mol. The van der Waals surface area contributed by atoms with Crippen LogP contribution in [0.3, 0.4) is 0 Å². The van der Waals surface area contributed by atoms with Gasteiger partial charge in [-0.1, -0.05) is 20.3 Å². The van der Waals surface area contributed by atoms with E-state index in [0.29, 0.717) is 12.5 Å². The molecule has 0 spiro atoms. The Bertz CT molecular complexity index is 578. The summed E-state index contributed by atoms with van der Waals surface area (Å²) in [5, 5.41) is 7.61. The summed E-state index contributed by atoms with van der Waals surface area (Å²) in [6.45, 7) is 3.35. The van der Waals surface area contributed by atoms with E-state index in [0.717, 1.165) is 12.1 Å². The molecule has 0 radical (unpaired) electrons. The molecule has 0 bridgehead atoms. The van der Waals surface area contributed by atoms with E-state index in [4.69, 9.17) is 5.26 Å². The first-order valence-electron chi connectivity index (χ1n) is 5.43. The number of hydrogen-bond acceptors (Lipinski definition) is 3. The molecule has 0 heterocycles. The van der Waals surface area contributed by atoms with E-state index in [9.17, 15) is 17.2 Å². The highest BCUT2D eigenvalue weighted by molar-refractivity contribution is 7.92. The maximum Gasteiger partial charge on any atom is 0.197 e. The number of halogens is 2. The van der Waals surface area contributed by atoms with Crippen molar-refractivity contribution in [2.75, 3.05) is 0 Å². The molecule has 1 rings (SSSR count). The van der Waals surface area contributed by atoms with Crippen LogP contribution in [0, 0.1) is 28.9 Å². The van der Waals surface area contributed by atoms with Gasteiger partial charge in [-0.05, 0) is 18.1 Å². The molecular formula is C12H13F2NO2S. The van der Waals surface area contributed by atoms with Gasteiger partial charge in [0, 0.05) is 6.07 Å². The zero-order chi connectivity index (χ0) is 13.9. The number of nitrogens with zero attached hydrogens (tertiary/aromatic N) is 1. The molecule has 98 valence electrons. The van der Waals surface area contributed by atoms with Crippen molar-refractivity contribution < 1.29 is 17.2 Å². The van der Waals surface area contributed by atoms with Crippen LogP contribution in [0.25, 0.3) is 0 Å². The van der Waals surface area contributed by atoms with E-state index in [1.807, 2.05) is 0 Å². The SMILES string of the molecule is CCC(C)C(C#N)S(=O)(=O)c1ccc(F)cc1F. The highest BCUT2D eigenvalue weighted by Crippen LogP contribution is 2.25. The Kier molecular flexibility index (Phi) is 4.41. The number of sulfone groups is 1. The Labute approximate surface area is 105 Å². The Morgan fingerprint density at radius 1 is 1.39 bits per heavy atom.